The summed E-state index contributed by atoms with van der Waals surface area (Å²) in [7, 11) is 1.46. The molecule has 1 heterocycles. The summed E-state index contributed by atoms with van der Waals surface area (Å²) < 4.78 is 4.83. The van der Waals surface area contributed by atoms with Gasteiger partial charge in [-0.05, 0) is 19.1 Å². The van der Waals surface area contributed by atoms with E-state index in [0.29, 0.717) is 16.8 Å². The molecule has 2 aromatic rings. The number of benzene rings is 1. The lowest BCUT2D eigenvalue weighted by molar-refractivity contribution is 0.100. The first-order chi connectivity index (χ1) is 9.60. The third-order valence-electron chi connectivity index (χ3n) is 2.62. The van der Waals surface area contributed by atoms with Gasteiger partial charge in [-0.2, -0.15) is 0 Å². The van der Waals surface area contributed by atoms with Gasteiger partial charge >= 0.3 is 6.01 Å². The van der Waals surface area contributed by atoms with Gasteiger partial charge in [0.25, 0.3) is 5.91 Å². The van der Waals surface area contributed by atoms with Crippen LogP contribution in [0.5, 0.6) is 6.01 Å². The van der Waals surface area contributed by atoms with Crippen molar-refractivity contribution in [2.45, 2.75) is 6.92 Å². The highest BCUT2D eigenvalue weighted by Gasteiger charge is 2.08. The van der Waals surface area contributed by atoms with E-state index in [1.54, 1.807) is 24.3 Å². The zero-order valence-corrected chi connectivity index (χ0v) is 11.1. The zero-order valence-electron chi connectivity index (χ0n) is 11.1. The lowest BCUT2D eigenvalue weighted by Crippen LogP contribution is -2.12. The van der Waals surface area contributed by atoms with Crippen LogP contribution in [0.4, 0.5) is 5.69 Å². The molecule has 0 radical (unpaired) electrons. The molecule has 0 saturated carbocycles. The molecular weight excluding hydrogens is 258 g/mol. The maximum absolute atomic E-state index is 12.0. The van der Waals surface area contributed by atoms with Crippen molar-refractivity contribution in [3.63, 3.8) is 0 Å². The minimum Gasteiger partial charge on any atom is -0.467 e. The van der Waals surface area contributed by atoms with Gasteiger partial charge in [0.05, 0.1) is 25.2 Å². The van der Waals surface area contributed by atoms with Gasteiger partial charge in [0, 0.05) is 11.1 Å². The molecule has 0 spiro atoms. The normalized spacial score (nSPS) is 9.90. The molecule has 1 amide bonds. The van der Waals surface area contributed by atoms with E-state index < -0.39 is 0 Å². The number of nitrogens with one attached hydrogen (secondary N) is 1. The molecule has 0 aliphatic rings. The van der Waals surface area contributed by atoms with E-state index in [1.807, 2.05) is 0 Å². The van der Waals surface area contributed by atoms with Gasteiger partial charge in [-0.3, -0.25) is 9.59 Å². The maximum Gasteiger partial charge on any atom is 0.316 e. The number of rotatable bonds is 4. The summed E-state index contributed by atoms with van der Waals surface area (Å²) in [6, 6.07) is 6.64. The topological polar surface area (TPSA) is 81.2 Å². The molecule has 102 valence electrons. The van der Waals surface area contributed by atoms with Gasteiger partial charge in [-0.15, -0.1) is 0 Å². The van der Waals surface area contributed by atoms with Crippen LogP contribution in [0, 0.1) is 0 Å². The summed E-state index contributed by atoms with van der Waals surface area (Å²) in [5.74, 6) is -0.339. The molecule has 1 N–H and O–H groups in total. The largest absolute Gasteiger partial charge is 0.467 e. The predicted molar refractivity (Wildman–Crippen MR) is 73.0 cm³/mol. The number of methoxy groups -OCH3 is 1. The summed E-state index contributed by atoms with van der Waals surface area (Å²) in [6.45, 7) is 1.48. The summed E-state index contributed by atoms with van der Waals surface area (Å²) in [5, 5.41) is 2.65. The second-order valence-corrected chi connectivity index (χ2v) is 4.05. The number of hydrogen-bond donors (Lipinski definition) is 1. The first-order valence-electron chi connectivity index (χ1n) is 5.88. The first kappa shape index (κ1) is 13.7. The number of nitrogens with zero attached hydrogens (tertiary/aromatic N) is 2. The second kappa shape index (κ2) is 5.92. The molecule has 20 heavy (non-hydrogen) atoms. The fraction of sp³-hybridized carbons (Fsp3) is 0.143. The van der Waals surface area contributed by atoms with Gasteiger partial charge < -0.3 is 10.1 Å². The molecule has 6 nitrogen and oxygen atoms in total. The number of Topliss-reactive ketones (excluding diaryl/α,β-unsaturated/α-hetero) is 1. The van der Waals surface area contributed by atoms with E-state index in [2.05, 4.69) is 15.3 Å². The Morgan fingerprint density at radius 1 is 1.05 bits per heavy atom. The minimum absolute atomic E-state index is 0.0412. The Balaban J connectivity index is 2.08. The Hall–Kier alpha value is -2.76. The van der Waals surface area contributed by atoms with Gasteiger partial charge in [0.15, 0.2) is 5.78 Å². The van der Waals surface area contributed by atoms with Gasteiger partial charge in [-0.25, -0.2) is 9.97 Å². The van der Waals surface area contributed by atoms with Crippen molar-refractivity contribution in [2.75, 3.05) is 12.4 Å². The van der Waals surface area contributed by atoms with E-state index in [1.165, 1.54) is 26.4 Å². The number of carbonyl (C=O) groups excluding carboxylic acids is 2. The highest BCUT2D eigenvalue weighted by molar-refractivity contribution is 6.04. The van der Waals surface area contributed by atoms with Gasteiger partial charge in [0.2, 0.25) is 0 Å². The molecule has 0 unspecified atom stereocenters. The lowest BCUT2D eigenvalue weighted by Gasteiger charge is -2.05. The molecule has 1 aromatic carbocycles. The molecule has 1 aromatic heterocycles. The molecule has 0 atom stereocenters. The van der Waals surface area contributed by atoms with E-state index in [4.69, 9.17) is 4.74 Å². The van der Waals surface area contributed by atoms with Crippen molar-refractivity contribution in [2.24, 2.45) is 0 Å². The standard InChI is InChI=1S/C14H13N3O3/c1-9(18)10-3-5-11(6-4-10)13(19)17-12-7-15-14(20-2)16-8-12/h3-8H,1-2H3,(H,17,19). The summed E-state index contributed by atoms with van der Waals surface area (Å²) in [5.41, 5.74) is 1.48. The Morgan fingerprint density at radius 2 is 1.60 bits per heavy atom. The SMILES string of the molecule is COc1ncc(NC(=O)c2ccc(C(C)=O)cc2)cn1. The molecular formula is C14H13N3O3. The number of ether oxygens (including phenoxy) is 1. The number of anilines is 1. The third-order valence-corrected chi connectivity index (χ3v) is 2.62. The summed E-state index contributed by atoms with van der Waals surface area (Å²) in [6.07, 6.45) is 2.90. The fourth-order valence-electron chi connectivity index (χ4n) is 1.55. The highest BCUT2D eigenvalue weighted by Crippen LogP contribution is 2.10. The van der Waals surface area contributed by atoms with Crippen molar-refractivity contribution < 1.29 is 14.3 Å². The lowest BCUT2D eigenvalue weighted by atomic mass is 10.1. The van der Waals surface area contributed by atoms with Crippen LogP contribution in [0.25, 0.3) is 0 Å². The Labute approximate surface area is 115 Å². The van der Waals surface area contributed by atoms with Crippen LogP contribution >= 0.6 is 0 Å². The van der Waals surface area contributed by atoms with Crippen molar-refractivity contribution in [1.82, 2.24) is 9.97 Å². The van der Waals surface area contributed by atoms with Crippen molar-refractivity contribution >= 4 is 17.4 Å². The quantitative estimate of drug-likeness (QED) is 0.859. The van der Waals surface area contributed by atoms with Crippen molar-refractivity contribution in [1.29, 1.82) is 0 Å². The van der Waals surface area contributed by atoms with E-state index in [0.717, 1.165) is 0 Å². The van der Waals surface area contributed by atoms with Crippen LogP contribution in [-0.4, -0.2) is 28.8 Å². The predicted octanol–water partition coefficient (Wildman–Crippen LogP) is 1.94. The molecule has 0 fully saturated rings. The highest BCUT2D eigenvalue weighted by atomic mass is 16.5. The van der Waals surface area contributed by atoms with Crippen LogP contribution in [-0.2, 0) is 0 Å². The number of hydrogen-bond acceptors (Lipinski definition) is 5. The van der Waals surface area contributed by atoms with Crippen LogP contribution in [0.2, 0.25) is 0 Å². The van der Waals surface area contributed by atoms with E-state index in [-0.39, 0.29) is 17.7 Å². The number of carbonyl (C=O) groups is 2. The Bertz CT molecular complexity index is 621. The van der Waals surface area contributed by atoms with Gasteiger partial charge in [0.1, 0.15) is 0 Å². The Morgan fingerprint density at radius 3 is 2.10 bits per heavy atom. The number of aromatic nitrogens is 2. The first-order valence-corrected chi connectivity index (χ1v) is 5.88. The van der Waals surface area contributed by atoms with Crippen LogP contribution in [0.1, 0.15) is 27.6 Å². The second-order valence-electron chi connectivity index (χ2n) is 4.05. The summed E-state index contributed by atoms with van der Waals surface area (Å²) >= 11 is 0. The molecule has 0 saturated heterocycles. The van der Waals surface area contributed by atoms with Crippen LogP contribution in [0.15, 0.2) is 36.7 Å². The smallest absolute Gasteiger partial charge is 0.316 e. The third kappa shape index (κ3) is 3.17. The minimum atomic E-state index is -0.297. The average molecular weight is 271 g/mol. The van der Waals surface area contributed by atoms with Crippen LogP contribution in [0.3, 0.4) is 0 Å². The molecule has 0 bridgehead atoms. The molecule has 2 rings (SSSR count). The van der Waals surface area contributed by atoms with E-state index >= 15 is 0 Å². The van der Waals surface area contributed by atoms with Gasteiger partial charge in [-0.1, -0.05) is 12.1 Å². The van der Waals surface area contributed by atoms with Crippen molar-refractivity contribution in [3.05, 3.63) is 47.8 Å². The number of amides is 1. The summed E-state index contributed by atoms with van der Waals surface area (Å²) in [4.78, 5) is 30.9. The van der Waals surface area contributed by atoms with Crippen LogP contribution < -0.4 is 10.1 Å². The molecule has 0 aliphatic carbocycles. The zero-order chi connectivity index (χ0) is 14.5. The molecule has 0 aliphatic heterocycles. The number of ketones is 1. The Kier molecular flexibility index (Phi) is 4.05. The average Bonchev–Trinajstić information content (AvgIpc) is 2.48. The van der Waals surface area contributed by atoms with E-state index in [9.17, 15) is 9.59 Å². The molecule has 6 heteroatoms. The fourth-order valence-corrected chi connectivity index (χ4v) is 1.55. The maximum atomic E-state index is 12.0. The van der Waals surface area contributed by atoms with Crippen molar-refractivity contribution in [3.8, 4) is 6.01 Å². The monoisotopic (exact) mass is 271 g/mol.